The Morgan fingerprint density at radius 1 is 1.35 bits per heavy atom. The number of aliphatic carboxylic acids is 1. The molecule has 1 aliphatic rings. The molecule has 0 unspecified atom stereocenters. The lowest BCUT2D eigenvalue weighted by molar-refractivity contribution is -0.139. The first-order chi connectivity index (χ1) is 10.8. The monoisotopic (exact) mass is 329 g/mol. The molecule has 2 N–H and O–H groups in total. The predicted octanol–water partition coefficient (Wildman–Crippen LogP) is 2.42. The molecular weight excluding hydrogens is 312 g/mol. The third-order valence-electron chi connectivity index (χ3n) is 3.82. The van der Waals surface area contributed by atoms with Gasteiger partial charge in [0, 0.05) is 5.56 Å². The molecule has 1 fully saturated rings. The van der Waals surface area contributed by atoms with Gasteiger partial charge in [0.15, 0.2) is 11.5 Å². The first-order valence-corrected chi connectivity index (χ1v) is 7.02. The number of carbonyl (C=O) groups is 2. The van der Waals surface area contributed by atoms with Crippen molar-refractivity contribution in [3.05, 3.63) is 23.8 Å². The summed E-state index contributed by atoms with van der Waals surface area (Å²) in [5.41, 5.74) is -0.561. The van der Waals surface area contributed by atoms with Crippen LogP contribution in [0.5, 0.6) is 11.5 Å². The molecule has 1 aromatic rings. The molecule has 0 spiro atoms. The maximum Gasteiger partial charge on any atom is 0.387 e. The van der Waals surface area contributed by atoms with Crippen LogP contribution in [0, 0.1) is 0 Å². The van der Waals surface area contributed by atoms with Crippen molar-refractivity contribution >= 4 is 11.9 Å². The molecular formula is C15H17F2NO5. The number of carboxylic acid groups (broad SMARTS) is 1. The van der Waals surface area contributed by atoms with Crippen molar-refractivity contribution in [3.8, 4) is 11.5 Å². The zero-order valence-electron chi connectivity index (χ0n) is 12.5. The van der Waals surface area contributed by atoms with Crippen LogP contribution in [0.25, 0.3) is 0 Å². The van der Waals surface area contributed by atoms with Crippen molar-refractivity contribution in [1.82, 2.24) is 5.32 Å². The van der Waals surface area contributed by atoms with E-state index in [1.807, 2.05) is 0 Å². The summed E-state index contributed by atoms with van der Waals surface area (Å²) in [7, 11) is 1.27. The Kier molecular flexibility index (Phi) is 5.02. The SMILES string of the molecule is COc1cc(C(=O)NC2(CC(=O)O)CCC2)ccc1OC(F)F. The molecule has 1 aliphatic carbocycles. The highest BCUT2D eigenvalue weighted by Crippen LogP contribution is 2.36. The molecule has 0 radical (unpaired) electrons. The Morgan fingerprint density at radius 2 is 2.04 bits per heavy atom. The van der Waals surface area contributed by atoms with Gasteiger partial charge in [-0.25, -0.2) is 0 Å². The van der Waals surface area contributed by atoms with Crippen LogP contribution in [-0.4, -0.2) is 36.2 Å². The number of rotatable bonds is 7. The molecule has 1 saturated carbocycles. The lowest BCUT2D eigenvalue weighted by Crippen LogP contribution is -2.54. The Bertz CT molecular complexity index is 602. The number of carboxylic acids is 1. The second-order valence-electron chi connectivity index (χ2n) is 5.40. The first-order valence-electron chi connectivity index (χ1n) is 7.02. The molecule has 23 heavy (non-hydrogen) atoms. The molecule has 2 rings (SSSR count). The molecule has 0 atom stereocenters. The Balaban J connectivity index is 2.14. The number of halogens is 2. The molecule has 126 valence electrons. The van der Waals surface area contributed by atoms with Crippen molar-refractivity contribution in [3.63, 3.8) is 0 Å². The maximum atomic E-state index is 12.3. The lowest BCUT2D eigenvalue weighted by atomic mass is 9.74. The highest BCUT2D eigenvalue weighted by atomic mass is 19.3. The fraction of sp³-hybridized carbons (Fsp3) is 0.467. The van der Waals surface area contributed by atoms with Gasteiger partial charge < -0.3 is 19.9 Å². The largest absolute Gasteiger partial charge is 0.493 e. The summed E-state index contributed by atoms with van der Waals surface area (Å²) in [5.74, 6) is -1.64. The fourth-order valence-electron chi connectivity index (χ4n) is 2.55. The van der Waals surface area contributed by atoms with Gasteiger partial charge in [0.25, 0.3) is 5.91 Å². The Hall–Kier alpha value is -2.38. The second-order valence-corrected chi connectivity index (χ2v) is 5.40. The topological polar surface area (TPSA) is 84.9 Å². The van der Waals surface area contributed by atoms with Crippen molar-refractivity contribution in [2.45, 2.75) is 37.8 Å². The second kappa shape index (κ2) is 6.80. The van der Waals surface area contributed by atoms with E-state index in [1.165, 1.54) is 25.3 Å². The lowest BCUT2D eigenvalue weighted by Gasteiger charge is -2.41. The predicted molar refractivity (Wildman–Crippen MR) is 75.9 cm³/mol. The number of ether oxygens (including phenoxy) is 2. The summed E-state index contributed by atoms with van der Waals surface area (Å²) in [6, 6.07) is 3.81. The van der Waals surface area contributed by atoms with Gasteiger partial charge in [0.1, 0.15) is 0 Å². The Labute approximate surface area is 131 Å². The molecule has 6 nitrogen and oxygen atoms in total. The zero-order chi connectivity index (χ0) is 17.0. The molecule has 1 amide bonds. The third-order valence-corrected chi connectivity index (χ3v) is 3.82. The third kappa shape index (κ3) is 4.08. The van der Waals surface area contributed by atoms with Crippen molar-refractivity contribution < 1.29 is 33.0 Å². The van der Waals surface area contributed by atoms with Crippen LogP contribution in [0.2, 0.25) is 0 Å². The molecule has 0 heterocycles. The first kappa shape index (κ1) is 17.0. The minimum atomic E-state index is -3.00. The van der Waals surface area contributed by atoms with E-state index in [2.05, 4.69) is 10.1 Å². The highest BCUT2D eigenvalue weighted by Gasteiger charge is 2.40. The van der Waals surface area contributed by atoms with E-state index in [-0.39, 0.29) is 23.5 Å². The minimum absolute atomic E-state index is 0.00107. The number of amides is 1. The summed E-state index contributed by atoms with van der Waals surface area (Å²) in [5, 5.41) is 11.7. The van der Waals surface area contributed by atoms with Gasteiger partial charge in [0.2, 0.25) is 0 Å². The minimum Gasteiger partial charge on any atom is -0.493 e. The molecule has 8 heteroatoms. The normalized spacial score (nSPS) is 15.7. The van der Waals surface area contributed by atoms with Crippen LogP contribution in [0.15, 0.2) is 18.2 Å². The number of hydrogen-bond acceptors (Lipinski definition) is 4. The van der Waals surface area contributed by atoms with Crippen molar-refractivity contribution in [2.75, 3.05) is 7.11 Å². The summed E-state index contributed by atoms with van der Waals surface area (Å²) in [6.45, 7) is -3.00. The van der Waals surface area contributed by atoms with E-state index in [4.69, 9.17) is 9.84 Å². The van der Waals surface area contributed by atoms with Crippen molar-refractivity contribution in [2.24, 2.45) is 0 Å². The summed E-state index contributed by atoms with van der Waals surface area (Å²) in [4.78, 5) is 23.2. The number of nitrogens with one attached hydrogen (secondary N) is 1. The fourth-order valence-corrected chi connectivity index (χ4v) is 2.55. The van der Waals surface area contributed by atoms with Crippen molar-refractivity contribution in [1.29, 1.82) is 0 Å². The quantitative estimate of drug-likeness (QED) is 0.802. The highest BCUT2D eigenvalue weighted by molar-refractivity contribution is 5.95. The van der Waals surface area contributed by atoms with Gasteiger partial charge in [0.05, 0.1) is 19.1 Å². The molecule has 1 aromatic carbocycles. The number of hydrogen-bond donors (Lipinski definition) is 2. The van der Waals surface area contributed by atoms with Gasteiger partial charge in [-0.05, 0) is 37.5 Å². The van der Waals surface area contributed by atoms with Gasteiger partial charge in [-0.3, -0.25) is 9.59 Å². The van der Waals surface area contributed by atoms with Crippen LogP contribution in [0.3, 0.4) is 0 Å². The standard InChI is InChI=1S/C15H17F2NO5/c1-22-11-7-9(3-4-10(11)23-14(16)17)13(21)18-15(5-2-6-15)8-12(19)20/h3-4,7,14H,2,5-6,8H2,1H3,(H,18,21)(H,19,20). The van der Waals surface area contributed by atoms with Crippen LogP contribution >= 0.6 is 0 Å². The van der Waals surface area contributed by atoms with E-state index in [0.29, 0.717) is 12.8 Å². The molecule has 0 saturated heterocycles. The van der Waals surface area contributed by atoms with E-state index in [1.54, 1.807) is 0 Å². The average Bonchev–Trinajstić information content (AvgIpc) is 2.44. The summed E-state index contributed by atoms with van der Waals surface area (Å²) in [6.07, 6.45) is 1.88. The number of benzene rings is 1. The van der Waals surface area contributed by atoms with E-state index in [9.17, 15) is 18.4 Å². The molecule has 0 bridgehead atoms. The van der Waals surface area contributed by atoms with Gasteiger partial charge in [-0.1, -0.05) is 0 Å². The van der Waals surface area contributed by atoms with Gasteiger partial charge >= 0.3 is 12.6 Å². The molecule has 0 aliphatic heterocycles. The van der Waals surface area contributed by atoms with E-state index < -0.39 is 24.0 Å². The van der Waals surface area contributed by atoms with Gasteiger partial charge in [-0.2, -0.15) is 8.78 Å². The maximum absolute atomic E-state index is 12.3. The van der Waals surface area contributed by atoms with Crippen LogP contribution < -0.4 is 14.8 Å². The number of alkyl halides is 2. The van der Waals surface area contributed by atoms with E-state index >= 15 is 0 Å². The smallest absolute Gasteiger partial charge is 0.387 e. The molecule has 0 aromatic heterocycles. The number of methoxy groups -OCH3 is 1. The summed E-state index contributed by atoms with van der Waals surface area (Å²) < 4.78 is 33.8. The van der Waals surface area contributed by atoms with E-state index in [0.717, 1.165) is 6.42 Å². The summed E-state index contributed by atoms with van der Waals surface area (Å²) >= 11 is 0. The number of carbonyl (C=O) groups excluding carboxylic acids is 1. The zero-order valence-corrected chi connectivity index (χ0v) is 12.5. The van der Waals surface area contributed by atoms with Crippen LogP contribution in [0.1, 0.15) is 36.0 Å². The van der Waals surface area contributed by atoms with Gasteiger partial charge in [-0.15, -0.1) is 0 Å². The van der Waals surface area contributed by atoms with Crippen LogP contribution in [-0.2, 0) is 4.79 Å². The Morgan fingerprint density at radius 3 is 2.52 bits per heavy atom. The van der Waals surface area contributed by atoms with Crippen LogP contribution in [0.4, 0.5) is 8.78 Å². The average molecular weight is 329 g/mol.